The van der Waals surface area contributed by atoms with Crippen LogP contribution in [0.1, 0.15) is 48.2 Å². The molecule has 0 radical (unpaired) electrons. The van der Waals surface area contributed by atoms with Crippen LogP contribution in [0.5, 0.6) is 11.5 Å². The number of nitrogens with one attached hydrogen (secondary N) is 2. The summed E-state index contributed by atoms with van der Waals surface area (Å²) in [6.45, 7) is 0.727. The lowest BCUT2D eigenvalue weighted by molar-refractivity contribution is -0.146. The molecule has 1 aliphatic rings. The summed E-state index contributed by atoms with van der Waals surface area (Å²) in [7, 11) is 3.23. The van der Waals surface area contributed by atoms with E-state index in [1.165, 1.54) is 17.7 Å². The maximum atomic E-state index is 12.8. The summed E-state index contributed by atoms with van der Waals surface area (Å²) in [5.41, 5.74) is 0.500. The van der Waals surface area contributed by atoms with Crippen LogP contribution in [0.2, 0.25) is 0 Å². The second-order valence-electron chi connectivity index (χ2n) is 11.0. The van der Waals surface area contributed by atoms with Gasteiger partial charge in [0.05, 0.1) is 32.5 Å². The number of carbonyl (C=O) groups excluding carboxylic acids is 2. The van der Waals surface area contributed by atoms with Gasteiger partial charge in [0, 0.05) is 19.7 Å². The van der Waals surface area contributed by atoms with Crippen molar-refractivity contribution in [3.63, 3.8) is 0 Å². The quantitative estimate of drug-likeness (QED) is 0.165. The molecule has 0 unspecified atom stereocenters. The zero-order valence-electron chi connectivity index (χ0n) is 26.4. The fourth-order valence-corrected chi connectivity index (χ4v) is 5.59. The first-order chi connectivity index (χ1) is 22.7. The van der Waals surface area contributed by atoms with Crippen LogP contribution >= 0.6 is 0 Å². The molecule has 1 fully saturated rings. The molecule has 12 nitrogen and oxygen atoms in total. The Bertz CT molecular complexity index is 1740. The molecular weight excluding hydrogens is 606 g/mol. The summed E-state index contributed by atoms with van der Waals surface area (Å²) in [5, 5.41) is 2.51. The summed E-state index contributed by atoms with van der Waals surface area (Å²) in [5.74, 6) is 0.240. The van der Waals surface area contributed by atoms with E-state index in [9.17, 15) is 19.2 Å². The first-order valence-electron chi connectivity index (χ1n) is 15.1. The largest absolute Gasteiger partial charge is 0.497 e. The molecule has 0 bridgehead atoms. The number of H-pyrrole nitrogens is 1. The van der Waals surface area contributed by atoms with Gasteiger partial charge in [-0.25, -0.2) is 4.79 Å². The van der Waals surface area contributed by atoms with Gasteiger partial charge in [-0.05, 0) is 53.8 Å². The Balaban J connectivity index is 1.40. The highest BCUT2D eigenvalue weighted by Gasteiger charge is 2.40. The van der Waals surface area contributed by atoms with E-state index in [1.54, 1.807) is 14.2 Å². The predicted octanol–water partition coefficient (Wildman–Crippen LogP) is 3.42. The van der Waals surface area contributed by atoms with Crippen LogP contribution in [0, 0.1) is 0 Å². The van der Waals surface area contributed by atoms with Gasteiger partial charge in [0.1, 0.15) is 23.3 Å². The first kappa shape index (κ1) is 33.2. The van der Waals surface area contributed by atoms with Gasteiger partial charge in [-0.15, -0.1) is 0 Å². The molecular formula is C35H37N3O9. The van der Waals surface area contributed by atoms with E-state index < -0.39 is 41.6 Å². The van der Waals surface area contributed by atoms with Gasteiger partial charge in [0.25, 0.3) is 11.5 Å². The van der Waals surface area contributed by atoms with Crippen molar-refractivity contribution in [2.24, 2.45) is 0 Å². The minimum atomic E-state index is -1.03. The zero-order valence-corrected chi connectivity index (χ0v) is 26.4. The number of carbonyl (C=O) groups is 2. The lowest BCUT2D eigenvalue weighted by Gasteiger charge is -2.37. The Hall–Kier alpha value is -5.20. The number of aromatic amines is 1. The van der Waals surface area contributed by atoms with Gasteiger partial charge >= 0.3 is 11.7 Å². The molecule has 4 aromatic rings. The number of esters is 1. The number of hydrogen-bond donors (Lipinski definition) is 2. The molecule has 1 amide bonds. The topological polar surface area (TPSA) is 147 Å². The fourth-order valence-electron chi connectivity index (χ4n) is 5.59. The van der Waals surface area contributed by atoms with E-state index in [1.807, 2.05) is 78.9 Å². The van der Waals surface area contributed by atoms with E-state index in [4.69, 9.17) is 18.9 Å². The van der Waals surface area contributed by atoms with Crippen LogP contribution in [-0.2, 0) is 35.9 Å². The highest BCUT2D eigenvalue weighted by atomic mass is 16.6. The third-order valence-electron chi connectivity index (χ3n) is 7.98. The monoisotopic (exact) mass is 643 g/mol. The average Bonchev–Trinajstić information content (AvgIpc) is 3.57. The van der Waals surface area contributed by atoms with Gasteiger partial charge in [0.15, 0.2) is 6.61 Å². The smallest absolute Gasteiger partial charge is 0.330 e. The van der Waals surface area contributed by atoms with Crippen molar-refractivity contribution in [1.82, 2.24) is 14.9 Å². The van der Waals surface area contributed by atoms with E-state index in [0.717, 1.165) is 16.7 Å². The second-order valence-corrected chi connectivity index (χ2v) is 11.0. The lowest BCUT2D eigenvalue weighted by Crippen LogP contribution is -2.37. The Morgan fingerprint density at radius 2 is 1.49 bits per heavy atom. The van der Waals surface area contributed by atoms with Gasteiger partial charge in [-0.3, -0.25) is 23.9 Å². The number of rotatable bonds is 13. The Kier molecular flexibility index (Phi) is 10.5. The molecule has 246 valence electrons. The molecule has 0 saturated carbocycles. The molecule has 1 saturated heterocycles. The molecule has 2 N–H and O–H groups in total. The van der Waals surface area contributed by atoms with Gasteiger partial charge in [0.2, 0.25) is 0 Å². The van der Waals surface area contributed by atoms with Crippen LogP contribution in [0.15, 0.2) is 94.6 Å². The Morgan fingerprint density at radius 3 is 2.06 bits per heavy atom. The number of hydrogen-bond acceptors (Lipinski definition) is 9. The molecule has 0 spiro atoms. The number of nitrogens with zero attached hydrogens (tertiary/aromatic N) is 1. The maximum Gasteiger partial charge on any atom is 0.330 e. The van der Waals surface area contributed by atoms with E-state index in [2.05, 4.69) is 15.0 Å². The predicted molar refractivity (Wildman–Crippen MR) is 171 cm³/mol. The van der Waals surface area contributed by atoms with Crippen molar-refractivity contribution in [3.05, 3.63) is 128 Å². The number of benzene rings is 3. The molecule has 12 heteroatoms. The molecule has 47 heavy (non-hydrogen) atoms. The molecule has 2 atom stereocenters. The highest BCUT2D eigenvalue weighted by molar-refractivity contribution is 5.79. The summed E-state index contributed by atoms with van der Waals surface area (Å²) in [6.07, 6.45) is 1.40. The van der Waals surface area contributed by atoms with E-state index in [0.29, 0.717) is 24.3 Å². The van der Waals surface area contributed by atoms with Crippen LogP contribution < -0.4 is 26.0 Å². The molecule has 0 aliphatic carbocycles. The van der Waals surface area contributed by atoms with Gasteiger partial charge in [-0.2, -0.15) is 0 Å². The number of methoxy groups -OCH3 is 2. The highest BCUT2D eigenvalue weighted by Crippen LogP contribution is 2.42. The third-order valence-corrected chi connectivity index (χ3v) is 7.98. The Morgan fingerprint density at radius 1 is 0.894 bits per heavy atom. The SMILES string of the molecule is COc1ccc(C(OC[C@@H]2CC[C@H](n3cc(CNC(=O)COC(C)=O)c(=O)[nH]c3=O)O2)(c2ccccc2)c2ccc(OC)cc2)cc1. The van der Waals surface area contributed by atoms with E-state index in [-0.39, 0.29) is 24.8 Å². The van der Waals surface area contributed by atoms with E-state index >= 15 is 0 Å². The van der Waals surface area contributed by atoms with Crippen molar-refractivity contribution < 1.29 is 33.3 Å². The van der Waals surface area contributed by atoms with Crippen molar-refractivity contribution in [2.45, 2.75) is 44.2 Å². The van der Waals surface area contributed by atoms with Crippen molar-refractivity contribution in [1.29, 1.82) is 0 Å². The normalized spacial score (nSPS) is 16.0. The minimum Gasteiger partial charge on any atom is -0.497 e. The molecule has 1 aliphatic heterocycles. The summed E-state index contributed by atoms with van der Waals surface area (Å²) >= 11 is 0. The molecule has 2 heterocycles. The second kappa shape index (κ2) is 14.9. The molecule has 1 aromatic heterocycles. The zero-order chi connectivity index (χ0) is 33.4. The summed E-state index contributed by atoms with van der Waals surface area (Å²) in [6, 6.07) is 25.3. The standard InChI is InChI=1S/C35H37N3O9/c1-23(39)45-22-31(40)36-19-24-20-38(34(42)37-33(24)41)32-18-17-30(47-32)21-46-35(25-7-5-4-6-8-25,26-9-13-28(43-2)14-10-26)27-11-15-29(44-3)16-12-27/h4-16,20,30,32H,17-19,21-22H2,1-3H3,(H,36,40)(H,37,41,42)/t30-,32+/m0/s1. The summed E-state index contributed by atoms with van der Waals surface area (Å²) in [4.78, 5) is 50.5. The van der Waals surface area contributed by atoms with Gasteiger partial charge in [-0.1, -0.05) is 54.6 Å². The maximum absolute atomic E-state index is 12.8. The number of amides is 1. The summed E-state index contributed by atoms with van der Waals surface area (Å²) < 4.78 is 30.1. The fraction of sp³-hybridized carbons (Fsp3) is 0.314. The lowest BCUT2D eigenvalue weighted by atomic mass is 9.80. The molecule has 3 aromatic carbocycles. The van der Waals surface area contributed by atoms with Crippen LogP contribution in [0.25, 0.3) is 0 Å². The minimum absolute atomic E-state index is 0.145. The third kappa shape index (κ3) is 7.62. The first-order valence-corrected chi connectivity index (χ1v) is 15.1. The van der Waals surface area contributed by atoms with Crippen LogP contribution in [0.3, 0.4) is 0 Å². The van der Waals surface area contributed by atoms with Crippen LogP contribution in [0.4, 0.5) is 0 Å². The van der Waals surface area contributed by atoms with Gasteiger partial charge < -0.3 is 29.0 Å². The van der Waals surface area contributed by atoms with Crippen molar-refractivity contribution >= 4 is 11.9 Å². The Labute approximate surface area is 271 Å². The van der Waals surface area contributed by atoms with Crippen molar-refractivity contribution in [2.75, 3.05) is 27.4 Å². The number of aromatic nitrogens is 2. The number of ether oxygens (including phenoxy) is 5. The average molecular weight is 644 g/mol. The molecule has 5 rings (SSSR count). The van der Waals surface area contributed by atoms with Crippen LogP contribution in [-0.4, -0.2) is 55.0 Å². The van der Waals surface area contributed by atoms with Crippen molar-refractivity contribution in [3.8, 4) is 11.5 Å².